The standard InChI is InChI=1S/C22H17F5N2O3S/c1-29(13-14-2-6-16(7-3-14)22(25,26)27)21(30)15-4-8-17(9-5-15)28-33(31,32)18-10-11-19(23)20(24)12-18/h2-12,28H,13H2,1H3. The molecule has 1 N–H and O–H groups in total. The highest BCUT2D eigenvalue weighted by atomic mass is 32.2. The van der Waals surface area contributed by atoms with Gasteiger partial charge >= 0.3 is 6.18 Å². The number of sulfonamides is 1. The van der Waals surface area contributed by atoms with E-state index in [2.05, 4.69) is 4.72 Å². The third kappa shape index (κ3) is 5.86. The predicted octanol–water partition coefficient (Wildman–Crippen LogP) is 5.06. The molecule has 0 heterocycles. The molecule has 0 bridgehead atoms. The number of anilines is 1. The minimum Gasteiger partial charge on any atom is -0.337 e. The van der Waals surface area contributed by atoms with Gasteiger partial charge in [-0.2, -0.15) is 13.2 Å². The van der Waals surface area contributed by atoms with E-state index in [-0.39, 0.29) is 17.8 Å². The number of amides is 1. The summed E-state index contributed by atoms with van der Waals surface area (Å²) in [5.74, 6) is -2.93. The van der Waals surface area contributed by atoms with Crippen LogP contribution in [-0.4, -0.2) is 26.3 Å². The van der Waals surface area contributed by atoms with E-state index >= 15 is 0 Å². The molecule has 0 radical (unpaired) electrons. The SMILES string of the molecule is CN(Cc1ccc(C(F)(F)F)cc1)C(=O)c1ccc(NS(=O)(=O)c2ccc(F)c(F)c2)cc1. The molecule has 0 saturated carbocycles. The van der Waals surface area contributed by atoms with E-state index in [1.807, 2.05) is 0 Å². The van der Waals surface area contributed by atoms with Crippen LogP contribution in [0.5, 0.6) is 0 Å². The molecule has 0 aliphatic heterocycles. The van der Waals surface area contributed by atoms with Gasteiger partial charge in [-0.15, -0.1) is 0 Å². The highest BCUT2D eigenvalue weighted by Crippen LogP contribution is 2.29. The van der Waals surface area contributed by atoms with Crippen LogP contribution in [0.2, 0.25) is 0 Å². The van der Waals surface area contributed by atoms with Crippen LogP contribution >= 0.6 is 0 Å². The second-order valence-corrected chi connectivity index (χ2v) is 8.80. The summed E-state index contributed by atoms with van der Waals surface area (Å²) in [4.78, 5) is 13.4. The van der Waals surface area contributed by atoms with E-state index in [1.165, 1.54) is 48.3 Å². The highest BCUT2D eigenvalue weighted by Gasteiger charge is 2.30. The van der Waals surface area contributed by atoms with Crippen molar-refractivity contribution in [3.05, 3.63) is 95.1 Å². The first-order valence-corrected chi connectivity index (χ1v) is 10.8. The quantitative estimate of drug-likeness (QED) is 0.498. The van der Waals surface area contributed by atoms with Gasteiger partial charge in [0.05, 0.1) is 10.5 Å². The number of carbonyl (C=O) groups excluding carboxylic acids is 1. The normalized spacial score (nSPS) is 11.8. The average Bonchev–Trinajstić information content (AvgIpc) is 2.75. The number of alkyl halides is 3. The Kier molecular flexibility index (Phi) is 6.73. The first-order chi connectivity index (χ1) is 15.4. The third-order valence-electron chi connectivity index (χ3n) is 4.63. The van der Waals surface area contributed by atoms with E-state index in [0.717, 1.165) is 18.2 Å². The van der Waals surface area contributed by atoms with Crippen LogP contribution < -0.4 is 4.72 Å². The van der Waals surface area contributed by atoms with Gasteiger partial charge in [0.15, 0.2) is 11.6 Å². The predicted molar refractivity (Wildman–Crippen MR) is 111 cm³/mol. The topological polar surface area (TPSA) is 66.5 Å². The van der Waals surface area contributed by atoms with Gasteiger partial charge in [-0.05, 0) is 60.2 Å². The van der Waals surface area contributed by atoms with Crippen LogP contribution in [0.1, 0.15) is 21.5 Å². The molecule has 0 aliphatic rings. The molecule has 0 aromatic heterocycles. The molecule has 0 saturated heterocycles. The second kappa shape index (κ2) is 9.18. The van der Waals surface area contributed by atoms with Gasteiger partial charge < -0.3 is 4.90 Å². The van der Waals surface area contributed by atoms with Crippen LogP contribution in [0.4, 0.5) is 27.6 Å². The number of halogens is 5. The highest BCUT2D eigenvalue weighted by molar-refractivity contribution is 7.92. The van der Waals surface area contributed by atoms with Crippen molar-refractivity contribution in [2.75, 3.05) is 11.8 Å². The maximum Gasteiger partial charge on any atom is 0.416 e. The third-order valence-corrected chi connectivity index (χ3v) is 6.01. The summed E-state index contributed by atoms with van der Waals surface area (Å²) in [7, 11) is -2.72. The minimum atomic E-state index is -4.45. The van der Waals surface area contributed by atoms with Crippen LogP contribution in [0.25, 0.3) is 0 Å². The van der Waals surface area contributed by atoms with Crippen LogP contribution in [0, 0.1) is 11.6 Å². The number of hydrogen-bond acceptors (Lipinski definition) is 3. The Labute approximate surface area is 186 Å². The molecule has 5 nitrogen and oxygen atoms in total. The molecule has 1 amide bonds. The van der Waals surface area contributed by atoms with Crippen molar-refractivity contribution in [1.29, 1.82) is 0 Å². The molecule has 0 unspecified atom stereocenters. The van der Waals surface area contributed by atoms with Gasteiger partial charge in [-0.25, -0.2) is 17.2 Å². The molecule has 0 spiro atoms. The van der Waals surface area contributed by atoms with Crippen molar-refractivity contribution in [1.82, 2.24) is 4.90 Å². The molecular weight excluding hydrogens is 467 g/mol. The molecule has 3 rings (SSSR count). The summed E-state index contributed by atoms with van der Waals surface area (Å²) in [5, 5.41) is 0. The van der Waals surface area contributed by atoms with E-state index in [1.54, 1.807) is 0 Å². The molecule has 0 aliphatic carbocycles. The molecule has 11 heteroatoms. The fourth-order valence-electron chi connectivity index (χ4n) is 2.90. The van der Waals surface area contributed by atoms with Crippen LogP contribution in [0.15, 0.2) is 71.6 Å². The number of hydrogen-bond donors (Lipinski definition) is 1. The fourth-order valence-corrected chi connectivity index (χ4v) is 3.97. The van der Waals surface area contributed by atoms with Crippen molar-refractivity contribution in [3.63, 3.8) is 0 Å². The molecule has 0 fully saturated rings. The van der Waals surface area contributed by atoms with Gasteiger partial charge in [0, 0.05) is 24.8 Å². The molecule has 0 atom stereocenters. The summed E-state index contributed by atoms with van der Waals surface area (Å²) in [6.07, 6.45) is -4.45. The van der Waals surface area contributed by atoms with Crippen molar-refractivity contribution in [2.24, 2.45) is 0 Å². The Hall–Kier alpha value is -3.47. The zero-order chi connectivity index (χ0) is 24.4. The number of benzene rings is 3. The Morgan fingerprint density at radius 1 is 0.909 bits per heavy atom. The smallest absolute Gasteiger partial charge is 0.337 e. The molecule has 33 heavy (non-hydrogen) atoms. The van der Waals surface area contributed by atoms with E-state index in [4.69, 9.17) is 0 Å². The average molecular weight is 484 g/mol. The summed E-state index contributed by atoms with van der Waals surface area (Å²) in [6.45, 7) is 0.0570. The Morgan fingerprint density at radius 3 is 2.06 bits per heavy atom. The first-order valence-electron chi connectivity index (χ1n) is 9.36. The number of carbonyl (C=O) groups is 1. The van der Waals surface area contributed by atoms with Gasteiger partial charge in [0.2, 0.25) is 0 Å². The lowest BCUT2D eigenvalue weighted by molar-refractivity contribution is -0.137. The zero-order valence-corrected chi connectivity index (χ0v) is 17.8. The largest absolute Gasteiger partial charge is 0.416 e. The lowest BCUT2D eigenvalue weighted by atomic mass is 10.1. The summed E-state index contributed by atoms with van der Waals surface area (Å²) < 4.78 is 91.2. The van der Waals surface area contributed by atoms with Gasteiger partial charge in [0.1, 0.15) is 0 Å². The Balaban J connectivity index is 1.67. The number of rotatable bonds is 6. The summed E-state index contributed by atoms with van der Waals surface area (Å²) in [5.41, 5.74) is -0.00160. The van der Waals surface area contributed by atoms with Crippen molar-refractivity contribution in [2.45, 2.75) is 17.6 Å². The summed E-state index contributed by atoms with van der Waals surface area (Å²) >= 11 is 0. The van der Waals surface area contributed by atoms with Crippen LogP contribution in [0.3, 0.4) is 0 Å². The first kappa shape index (κ1) is 24.2. The van der Waals surface area contributed by atoms with Crippen LogP contribution in [-0.2, 0) is 22.7 Å². The number of nitrogens with zero attached hydrogens (tertiary/aromatic N) is 1. The Morgan fingerprint density at radius 2 is 1.52 bits per heavy atom. The van der Waals surface area contributed by atoms with Crippen molar-refractivity contribution in [3.8, 4) is 0 Å². The summed E-state index contributed by atoms with van der Waals surface area (Å²) in [6, 6.07) is 11.9. The maximum atomic E-state index is 13.3. The lowest BCUT2D eigenvalue weighted by Gasteiger charge is -2.18. The second-order valence-electron chi connectivity index (χ2n) is 7.11. The fraction of sp³-hybridized carbons (Fsp3) is 0.136. The van der Waals surface area contributed by atoms with Gasteiger partial charge in [-0.3, -0.25) is 9.52 Å². The Bertz CT molecular complexity index is 1260. The van der Waals surface area contributed by atoms with Crippen molar-refractivity contribution >= 4 is 21.6 Å². The van der Waals surface area contributed by atoms with E-state index < -0.39 is 44.2 Å². The number of nitrogens with one attached hydrogen (secondary N) is 1. The van der Waals surface area contributed by atoms with Gasteiger partial charge in [0.25, 0.3) is 15.9 Å². The lowest BCUT2D eigenvalue weighted by Crippen LogP contribution is -2.26. The molecular formula is C22H17F5N2O3S. The van der Waals surface area contributed by atoms with E-state index in [9.17, 15) is 35.2 Å². The maximum absolute atomic E-state index is 13.3. The molecule has 3 aromatic carbocycles. The zero-order valence-electron chi connectivity index (χ0n) is 17.0. The van der Waals surface area contributed by atoms with Gasteiger partial charge in [-0.1, -0.05) is 12.1 Å². The monoisotopic (exact) mass is 484 g/mol. The molecule has 174 valence electrons. The van der Waals surface area contributed by atoms with E-state index in [0.29, 0.717) is 17.7 Å². The molecule has 3 aromatic rings. The van der Waals surface area contributed by atoms with Crippen molar-refractivity contribution < 1.29 is 35.2 Å². The minimum absolute atomic E-state index is 0.0570.